The van der Waals surface area contributed by atoms with Gasteiger partial charge in [-0.25, -0.2) is 13.9 Å². The van der Waals surface area contributed by atoms with Gasteiger partial charge in [-0.3, -0.25) is 19.5 Å². The number of pyridine rings is 1. The van der Waals surface area contributed by atoms with Crippen molar-refractivity contribution in [2.45, 2.75) is 0 Å². The molecule has 2 heterocycles. The summed E-state index contributed by atoms with van der Waals surface area (Å²) in [6, 6.07) is 6.95. The highest BCUT2D eigenvalue weighted by Gasteiger charge is 2.20. The number of rotatable bonds is 4. The Kier molecular flexibility index (Phi) is 5.18. The molecule has 2 aromatic heterocycles. The van der Waals surface area contributed by atoms with Gasteiger partial charge in [0, 0.05) is 11.6 Å². The number of hydrogen-bond donors (Lipinski definition) is 3. The van der Waals surface area contributed by atoms with Crippen molar-refractivity contribution >= 4 is 29.9 Å². The van der Waals surface area contributed by atoms with E-state index in [1.54, 1.807) is 6.07 Å². The summed E-state index contributed by atoms with van der Waals surface area (Å²) in [5.41, 5.74) is -0.684. The van der Waals surface area contributed by atoms with Gasteiger partial charge in [0.1, 0.15) is 24.3 Å². The number of hydrogen-bond acceptors (Lipinski definition) is 4. The number of aliphatic carboxylic acids is 1. The first kappa shape index (κ1) is 18.1. The van der Waals surface area contributed by atoms with Crippen molar-refractivity contribution in [1.29, 1.82) is 0 Å². The molecule has 0 radical (unpaired) electrons. The Morgan fingerprint density at radius 3 is 2.72 bits per heavy atom. The molecule has 0 spiro atoms. The molecule has 0 aliphatic heterocycles. The number of nitrogens with one attached hydrogen (secondary N) is 2. The van der Waals surface area contributed by atoms with Crippen LogP contribution in [0.1, 0.15) is 10.4 Å². The lowest BCUT2D eigenvalue weighted by Gasteiger charge is -2.09. The monoisotopic (exact) mass is 366 g/mol. The van der Waals surface area contributed by atoms with Crippen LogP contribution in [0.2, 0.25) is 0 Å². The van der Waals surface area contributed by atoms with Crippen LogP contribution in [0.25, 0.3) is 16.9 Å². The predicted octanol–water partition coefficient (Wildman–Crippen LogP) is 1.06. The zero-order chi connectivity index (χ0) is 17.3. The number of nitrogens with zero attached hydrogens (tertiary/aromatic N) is 2. The zero-order valence-corrected chi connectivity index (χ0v) is 13.3. The van der Waals surface area contributed by atoms with Gasteiger partial charge >= 0.3 is 5.97 Å². The average Bonchev–Trinajstić information content (AvgIpc) is 3.01. The first-order valence-electron chi connectivity index (χ1n) is 6.83. The summed E-state index contributed by atoms with van der Waals surface area (Å²) < 4.78 is 15.3. The summed E-state index contributed by atoms with van der Waals surface area (Å²) in [5.74, 6) is -2.65. The molecular weight excluding hydrogens is 355 g/mol. The molecule has 130 valence electrons. The summed E-state index contributed by atoms with van der Waals surface area (Å²) in [4.78, 5) is 38.9. The van der Waals surface area contributed by atoms with Gasteiger partial charge in [-0.15, -0.1) is 12.4 Å². The lowest BCUT2D eigenvalue weighted by Crippen LogP contribution is -2.33. The first-order chi connectivity index (χ1) is 11.5. The summed E-state index contributed by atoms with van der Waals surface area (Å²) in [6.45, 7) is -0.635. The first-order valence-corrected chi connectivity index (χ1v) is 6.83. The van der Waals surface area contributed by atoms with E-state index in [9.17, 15) is 18.8 Å². The van der Waals surface area contributed by atoms with Crippen LogP contribution in [0.4, 0.5) is 4.39 Å². The van der Waals surface area contributed by atoms with E-state index in [2.05, 4.69) is 15.4 Å². The van der Waals surface area contributed by atoms with Crippen LogP contribution in [-0.4, -0.2) is 38.1 Å². The molecular formula is C15H12ClFN4O4. The molecule has 0 fully saturated rings. The molecule has 3 rings (SSSR count). The van der Waals surface area contributed by atoms with Crippen molar-refractivity contribution in [2.24, 2.45) is 0 Å². The number of aromatic amines is 1. The van der Waals surface area contributed by atoms with Crippen LogP contribution >= 0.6 is 12.4 Å². The molecule has 8 nitrogen and oxygen atoms in total. The van der Waals surface area contributed by atoms with Crippen molar-refractivity contribution in [3.63, 3.8) is 0 Å². The SMILES string of the molecule is Cl.O=C(O)CNC(=O)c1c(=O)cc(-c2ccccc2F)n2[nH]cnc12. The second kappa shape index (κ2) is 7.14. The fraction of sp³-hybridized carbons (Fsp3) is 0.0667. The third-order valence-electron chi connectivity index (χ3n) is 3.34. The third-order valence-corrected chi connectivity index (χ3v) is 3.34. The topological polar surface area (TPSA) is 117 Å². The summed E-state index contributed by atoms with van der Waals surface area (Å²) >= 11 is 0. The molecule has 0 unspecified atom stereocenters. The number of aromatic nitrogens is 3. The molecule has 25 heavy (non-hydrogen) atoms. The van der Waals surface area contributed by atoms with E-state index in [1.807, 2.05) is 0 Å². The van der Waals surface area contributed by atoms with E-state index in [4.69, 9.17) is 5.11 Å². The molecule has 0 aliphatic rings. The van der Waals surface area contributed by atoms with Crippen LogP contribution < -0.4 is 10.7 Å². The normalized spacial score (nSPS) is 10.3. The molecule has 0 aliphatic carbocycles. The minimum absolute atomic E-state index is 0. The van der Waals surface area contributed by atoms with Crippen molar-refractivity contribution in [3.05, 3.63) is 58.3 Å². The second-order valence-electron chi connectivity index (χ2n) is 4.87. The van der Waals surface area contributed by atoms with Crippen molar-refractivity contribution in [2.75, 3.05) is 6.54 Å². The van der Waals surface area contributed by atoms with Crippen LogP contribution in [-0.2, 0) is 4.79 Å². The van der Waals surface area contributed by atoms with E-state index in [1.165, 1.54) is 29.0 Å². The molecule has 3 aromatic rings. The standard InChI is InChI=1S/C15H11FN4O4.ClH/c16-9-4-2-1-3-8(9)10-5-11(21)13(14-18-7-19-20(10)14)15(24)17-6-12(22)23;/h1-5,7H,6H2,(H,17,24)(H,18,19)(H,22,23);1H. The van der Waals surface area contributed by atoms with Crippen LogP contribution in [0.5, 0.6) is 0 Å². The molecule has 0 atom stereocenters. The van der Waals surface area contributed by atoms with E-state index in [0.717, 1.165) is 6.07 Å². The molecule has 1 amide bonds. The Morgan fingerprint density at radius 1 is 1.32 bits per heavy atom. The molecule has 3 N–H and O–H groups in total. The maximum Gasteiger partial charge on any atom is 0.322 e. The van der Waals surface area contributed by atoms with Crippen molar-refractivity contribution in [3.8, 4) is 11.3 Å². The van der Waals surface area contributed by atoms with Gasteiger partial charge in [0.05, 0.1) is 5.69 Å². The van der Waals surface area contributed by atoms with E-state index in [-0.39, 0.29) is 34.9 Å². The number of H-pyrrole nitrogens is 1. The lowest BCUT2D eigenvalue weighted by molar-refractivity contribution is -0.135. The zero-order valence-electron chi connectivity index (χ0n) is 12.5. The number of benzene rings is 1. The number of fused-ring (bicyclic) bond motifs is 1. The minimum Gasteiger partial charge on any atom is -0.480 e. The van der Waals surface area contributed by atoms with E-state index < -0.39 is 29.7 Å². The Morgan fingerprint density at radius 2 is 2.04 bits per heavy atom. The van der Waals surface area contributed by atoms with Crippen molar-refractivity contribution < 1.29 is 19.1 Å². The Hall–Kier alpha value is -3.20. The van der Waals surface area contributed by atoms with Gasteiger partial charge in [-0.2, -0.15) is 0 Å². The fourth-order valence-electron chi connectivity index (χ4n) is 2.32. The van der Waals surface area contributed by atoms with Gasteiger partial charge < -0.3 is 10.4 Å². The number of carbonyl (C=O) groups is 2. The minimum atomic E-state index is -1.25. The van der Waals surface area contributed by atoms with Gasteiger partial charge in [-0.1, -0.05) is 12.1 Å². The Bertz CT molecular complexity index is 1010. The molecule has 0 bridgehead atoms. The van der Waals surface area contributed by atoms with Gasteiger partial charge in [0.2, 0.25) is 0 Å². The number of carbonyl (C=O) groups excluding carboxylic acids is 1. The highest BCUT2D eigenvalue weighted by molar-refractivity contribution is 6.01. The van der Waals surface area contributed by atoms with Crippen LogP contribution in [0, 0.1) is 5.82 Å². The molecule has 1 aromatic carbocycles. The Balaban J connectivity index is 0.00000225. The van der Waals surface area contributed by atoms with Crippen molar-refractivity contribution in [1.82, 2.24) is 19.9 Å². The molecule has 10 heteroatoms. The van der Waals surface area contributed by atoms with Crippen LogP contribution in [0.15, 0.2) is 41.5 Å². The lowest BCUT2D eigenvalue weighted by atomic mass is 10.1. The number of amides is 1. The Labute approximate surface area is 145 Å². The summed E-state index contributed by atoms with van der Waals surface area (Å²) in [7, 11) is 0. The summed E-state index contributed by atoms with van der Waals surface area (Å²) in [6.07, 6.45) is 1.24. The predicted molar refractivity (Wildman–Crippen MR) is 88.4 cm³/mol. The quantitative estimate of drug-likeness (QED) is 0.638. The number of halogens is 2. The van der Waals surface area contributed by atoms with Gasteiger partial charge in [0.15, 0.2) is 11.1 Å². The number of carboxylic acids is 1. The summed E-state index contributed by atoms with van der Waals surface area (Å²) in [5, 5.41) is 13.4. The van der Waals surface area contributed by atoms with Gasteiger partial charge in [-0.05, 0) is 12.1 Å². The highest BCUT2D eigenvalue weighted by Crippen LogP contribution is 2.22. The third kappa shape index (κ3) is 3.36. The molecule has 0 saturated heterocycles. The second-order valence-corrected chi connectivity index (χ2v) is 4.87. The average molecular weight is 367 g/mol. The largest absolute Gasteiger partial charge is 0.480 e. The highest BCUT2D eigenvalue weighted by atomic mass is 35.5. The van der Waals surface area contributed by atoms with Crippen LogP contribution in [0.3, 0.4) is 0 Å². The maximum atomic E-state index is 14.0. The van der Waals surface area contributed by atoms with E-state index >= 15 is 0 Å². The molecule has 0 saturated carbocycles. The fourth-order valence-corrected chi connectivity index (χ4v) is 2.32. The van der Waals surface area contributed by atoms with Gasteiger partial charge in [0.25, 0.3) is 5.91 Å². The maximum absolute atomic E-state index is 14.0. The smallest absolute Gasteiger partial charge is 0.322 e. The van der Waals surface area contributed by atoms with E-state index in [0.29, 0.717) is 0 Å². The number of carboxylic acid groups (broad SMARTS) is 1.